The quantitative estimate of drug-likeness (QED) is 0.0361. The van der Waals surface area contributed by atoms with Crippen LogP contribution in [-0.2, 0) is 37.9 Å². The Morgan fingerprint density at radius 2 is 0.500 bits per heavy atom. The minimum atomic E-state index is 0.602. The van der Waals surface area contributed by atoms with Gasteiger partial charge < -0.3 is 37.9 Å². The molecular weight excluding hydrogens is 873 g/mol. The molecule has 2 aliphatic heterocycles. The molecule has 0 fully saturated rings. The van der Waals surface area contributed by atoms with Crippen molar-refractivity contribution in [3.05, 3.63) is 25.4 Å². The van der Waals surface area contributed by atoms with Crippen LogP contribution in [-0.4, -0.2) is 152 Å². The largest absolute Gasteiger partial charge is 0.378 e. The lowest BCUT2D eigenvalue weighted by Gasteiger charge is -2.07. The molecule has 0 saturated carbocycles. The van der Waals surface area contributed by atoms with Crippen molar-refractivity contribution in [2.24, 2.45) is 0 Å². The van der Waals surface area contributed by atoms with Gasteiger partial charge in [0.2, 0.25) is 0 Å². The number of hydrogen-bond acceptors (Lipinski definition) is 20. The minimum Gasteiger partial charge on any atom is -0.378 e. The molecule has 50 heavy (non-hydrogen) atoms. The molecule has 20 heteroatoms. The van der Waals surface area contributed by atoms with E-state index in [9.17, 15) is 0 Å². The van der Waals surface area contributed by atoms with Gasteiger partial charge in [0.1, 0.15) is 0 Å². The Morgan fingerprint density at radius 1 is 0.300 bits per heavy atom. The maximum Gasteiger partial charge on any atom is 0.0717 e. The summed E-state index contributed by atoms with van der Waals surface area (Å²) >= 11 is 31.7. The third kappa shape index (κ3) is 25.4. The van der Waals surface area contributed by atoms with Crippen LogP contribution in [0.3, 0.4) is 0 Å². The van der Waals surface area contributed by atoms with Crippen molar-refractivity contribution in [2.75, 3.05) is 152 Å². The Kier molecular flexibility index (Phi) is 35.9. The molecule has 0 bridgehead atoms. The molecule has 292 valence electrons. The van der Waals surface area contributed by atoms with Gasteiger partial charge in [-0.15, -0.1) is 47.0 Å². The molecular formula is C30H52O8S12. The van der Waals surface area contributed by atoms with Gasteiger partial charge in [-0.3, -0.25) is 0 Å². The van der Waals surface area contributed by atoms with Gasteiger partial charge in [0.15, 0.2) is 0 Å². The van der Waals surface area contributed by atoms with Crippen LogP contribution in [0.4, 0.5) is 0 Å². The summed E-state index contributed by atoms with van der Waals surface area (Å²) in [7, 11) is 0. The molecule has 0 aromatic rings. The van der Waals surface area contributed by atoms with Gasteiger partial charge in [-0.1, -0.05) is 47.0 Å². The van der Waals surface area contributed by atoms with E-state index >= 15 is 0 Å². The maximum atomic E-state index is 5.82. The van der Waals surface area contributed by atoms with Gasteiger partial charge in [-0.25, -0.2) is 0 Å². The van der Waals surface area contributed by atoms with Crippen molar-refractivity contribution in [2.45, 2.75) is 0 Å². The molecule has 0 aromatic heterocycles. The van der Waals surface area contributed by atoms with Crippen LogP contribution in [0, 0.1) is 0 Å². The fourth-order valence-corrected chi connectivity index (χ4v) is 15.6. The van der Waals surface area contributed by atoms with Gasteiger partial charge in [-0.2, -0.15) is 50.5 Å². The van der Waals surface area contributed by atoms with E-state index in [1.54, 1.807) is 0 Å². The molecule has 0 aliphatic carbocycles. The third-order valence-corrected chi connectivity index (χ3v) is 17.7. The predicted molar refractivity (Wildman–Crippen MR) is 243 cm³/mol. The summed E-state index contributed by atoms with van der Waals surface area (Å²) in [6.45, 7) is 10.2. The fraction of sp³-hybridized carbons (Fsp3) is 0.800. The third-order valence-electron chi connectivity index (χ3n) is 5.52. The van der Waals surface area contributed by atoms with Crippen molar-refractivity contribution in [3.63, 3.8) is 0 Å². The lowest BCUT2D eigenvalue weighted by molar-refractivity contribution is 0.0606. The van der Waals surface area contributed by atoms with E-state index in [4.69, 9.17) is 37.9 Å². The topological polar surface area (TPSA) is 73.8 Å². The highest BCUT2D eigenvalue weighted by Crippen LogP contribution is 2.66. The first-order chi connectivity index (χ1) is 24.7. The zero-order chi connectivity index (χ0) is 35.7. The molecule has 2 rings (SSSR count). The van der Waals surface area contributed by atoms with Crippen LogP contribution in [0.25, 0.3) is 0 Å². The van der Waals surface area contributed by atoms with Gasteiger partial charge in [0.05, 0.1) is 131 Å². The minimum absolute atomic E-state index is 0.602. The molecule has 0 atom stereocenters. The summed E-state index contributed by atoms with van der Waals surface area (Å²) in [5.41, 5.74) is 0. The van der Waals surface area contributed by atoms with Crippen molar-refractivity contribution >= 4 is 145 Å². The number of thioether (sulfide) groups is 8. The number of hydrogen-bond donors (Lipinski definition) is 4. The van der Waals surface area contributed by atoms with Crippen molar-refractivity contribution < 1.29 is 37.9 Å². The highest BCUT2D eigenvalue weighted by Gasteiger charge is 2.31. The summed E-state index contributed by atoms with van der Waals surface area (Å²) in [5.74, 6) is 6.46. The molecule has 0 saturated heterocycles. The first-order valence-corrected chi connectivity index (χ1v) is 26.0. The Morgan fingerprint density at radius 3 is 0.700 bits per heavy atom. The van der Waals surface area contributed by atoms with Crippen LogP contribution in [0.1, 0.15) is 0 Å². The first kappa shape index (κ1) is 49.2. The Bertz CT molecular complexity index is 808. The van der Waals surface area contributed by atoms with Crippen LogP contribution in [0.2, 0.25) is 0 Å². The second kappa shape index (κ2) is 36.4. The van der Waals surface area contributed by atoms with E-state index < -0.39 is 0 Å². The smallest absolute Gasteiger partial charge is 0.0717 e. The summed E-state index contributed by atoms with van der Waals surface area (Å²) in [4.78, 5) is 0. The lowest BCUT2D eigenvalue weighted by Crippen LogP contribution is -2.07. The van der Waals surface area contributed by atoms with Gasteiger partial charge in [-0.05, 0) is 0 Å². The average molecular weight is 926 g/mol. The van der Waals surface area contributed by atoms with E-state index in [1.807, 2.05) is 94.1 Å². The molecule has 8 nitrogen and oxygen atoms in total. The Hall–Kier alpha value is 3.10. The first-order valence-electron chi connectivity index (χ1n) is 16.2. The summed E-state index contributed by atoms with van der Waals surface area (Å²) in [5, 5.41) is 0. The molecule has 0 unspecified atom stereocenters. The second-order valence-corrected chi connectivity index (χ2v) is 21.2. The van der Waals surface area contributed by atoms with E-state index in [0.717, 1.165) is 46.0 Å². The number of rotatable bonds is 36. The van der Waals surface area contributed by atoms with Crippen LogP contribution >= 0.6 is 145 Å². The van der Waals surface area contributed by atoms with Gasteiger partial charge in [0.25, 0.3) is 0 Å². The SMILES string of the molecule is SCCOCCOCCSC1=C(SCCOCCOCCS)SC(=C2SC(SCCOCCOCCS)=C(SCCOCCOCCS)S2)S1. The maximum absolute atomic E-state index is 5.82. The molecule has 0 spiro atoms. The zero-order valence-electron chi connectivity index (χ0n) is 28.3. The standard InChI is InChI=1S/C30H52O8S12/c39-17-9-31-1-5-35-13-21-43-25-26(44-22-14-36-6-2-32-10-18-40)48-29(47-25)30-49-27(45-23-15-37-7-3-33-11-19-41)28(50-30)46-24-16-38-8-4-34-12-20-42/h39-42H,1-24H2. The molecule has 0 N–H and O–H groups in total. The Balaban J connectivity index is 1.94. The number of ether oxygens (including phenoxy) is 8. The Labute approximate surface area is 356 Å². The fourth-order valence-electron chi connectivity index (χ4n) is 3.38. The van der Waals surface area contributed by atoms with E-state index in [-0.39, 0.29) is 0 Å². The van der Waals surface area contributed by atoms with Crippen molar-refractivity contribution in [1.82, 2.24) is 0 Å². The summed E-state index contributed by atoms with van der Waals surface area (Å²) in [6.07, 6.45) is 0. The molecule has 2 heterocycles. The van der Waals surface area contributed by atoms with Crippen LogP contribution in [0.15, 0.2) is 25.4 Å². The molecule has 2 aliphatic rings. The van der Waals surface area contributed by atoms with Crippen LogP contribution in [0.5, 0.6) is 0 Å². The molecule has 0 amide bonds. The van der Waals surface area contributed by atoms with Gasteiger partial charge in [0, 0.05) is 46.0 Å². The normalized spacial score (nSPS) is 15.1. The van der Waals surface area contributed by atoms with Crippen molar-refractivity contribution in [3.8, 4) is 0 Å². The van der Waals surface area contributed by atoms with E-state index in [2.05, 4.69) is 50.5 Å². The highest BCUT2D eigenvalue weighted by molar-refractivity contribution is 8.45. The second-order valence-electron chi connectivity index (χ2n) is 9.32. The monoisotopic (exact) mass is 924 g/mol. The average Bonchev–Trinajstić information content (AvgIpc) is 3.73. The van der Waals surface area contributed by atoms with Gasteiger partial charge >= 0.3 is 0 Å². The number of thiol groups is 4. The summed E-state index contributed by atoms with van der Waals surface area (Å²) in [6, 6.07) is 0. The van der Waals surface area contributed by atoms with Crippen molar-refractivity contribution in [1.29, 1.82) is 0 Å². The van der Waals surface area contributed by atoms with Crippen LogP contribution < -0.4 is 0 Å². The zero-order valence-corrected chi connectivity index (χ0v) is 38.4. The molecule has 0 radical (unpaired) electrons. The van der Waals surface area contributed by atoms with E-state index in [0.29, 0.717) is 106 Å². The molecule has 0 aromatic carbocycles. The summed E-state index contributed by atoms with van der Waals surface area (Å²) < 4.78 is 53.2. The predicted octanol–water partition coefficient (Wildman–Crippen LogP) is 8.11. The lowest BCUT2D eigenvalue weighted by atomic mass is 10.7. The van der Waals surface area contributed by atoms with E-state index in [1.165, 1.54) is 25.4 Å². The highest BCUT2D eigenvalue weighted by atomic mass is 32.3.